The Morgan fingerprint density at radius 2 is 2.27 bits per heavy atom. The molecule has 0 saturated carbocycles. The maximum absolute atomic E-state index is 11.4. The summed E-state index contributed by atoms with van der Waals surface area (Å²) in [6, 6.07) is 0.465. The lowest BCUT2D eigenvalue weighted by Gasteiger charge is -2.32. The summed E-state index contributed by atoms with van der Waals surface area (Å²) in [6.07, 6.45) is 4.93. The Labute approximate surface area is 90.8 Å². The van der Waals surface area contributed by atoms with Gasteiger partial charge < -0.3 is 9.64 Å². The minimum Gasteiger partial charge on any atom is -0.445 e. The van der Waals surface area contributed by atoms with Gasteiger partial charge in [0.25, 0.3) is 0 Å². The van der Waals surface area contributed by atoms with Gasteiger partial charge in [-0.05, 0) is 13.8 Å². The number of rotatable bonds is 3. The molecule has 4 nitrogen and oxygen atoms in total. The molecule has 0 fully saturated rings. The lowest BCUT2D eigenvalue weighted by molar-refractivity contribution is 0.118. The van der Waals surface area contributed by atoms with Gasteiger partial charge >= 0.3 is 6.09 Å². The molecule has 0 N–H and O–H groups in total. The zero-order valence-electron chi connectivity index (χ0n) is 9.35. The Balaban J connectivity index is 2.44. The molecule has 84 valence electrons. The van der Waals surface area contributed by atoms with E-state index in [-0.39, 0.29) is 12.7 Å². The third-order valence-electron chi connectivity index (χ3n) is 2.26. The van der Waals surface area contributed by atoms with Crippen LogP contribution >= 0.6 is 0 Å². The van der Waals surface area contributed by atoms with Crippen molar-refractivity contribution in [2.75, 3.05) is 19.7 Å². The summed E-state index contributed by atoms with van der Waals surface area (Å²) < 4.78 is 4.93. The fourth-order valence-electron chi connectivity index (χ4n) is 1.33. The highest BCUT2D eigenvalue weighted by Gasteiger charge is 2.17. The van der Waals surface area contributed by atoms with Crippen molar-refractivity contribution in [2.45, 2.75) is 19.9 Å². The molecule has 1 rings (SSSR count). The van der Waals surface area contributed by atoms with Gasteiger partial charge in [-0.1, -0.05) is 12.7 Å². The summed E-state index contributed by atoms with van der Waals surface area (Å²) in [5.41, 5.74) is 0. The van der Waals surface area contributed by atoms with Crippen molar-refractivity contribution < 1.29 is 9.53 Å². The van der Waals surface area contributed by atoms with E-state index in [0.29, 0.717) is 12.6 Å². The predicted octanol–water partition coefficient (Wildman–Crippen LogP) is 1.81. The maximum Gasteiger partial charge on any atom is 0.414 e. The van der Waals surface area contributed by atoms with E-state index in [1.807, 2.05) is 6.20 Å². The molecular weight excluding hydrogens is 192 g/mol. The molecule has 1 heterocycles. The van der Waals surface area contributed by atoms with E-state index >= 15 is 0 Å². The molecule has 15 heavy (non-hydrogen) atoms. The van der Waals surface area contributed by atoms with Crippen LogP contribution in [-0.4, -0.2) is 41.6 Å². The number of carbonyl (C=O) groups is 1. The first-order valence-electron chi connectivity index (χ1n) is 5.13. The first kappa shape index (κ1) is 11.6. The summed E-state index contributed by atoms with van der Waals surface area (Å²) in [4.78, 5) is 15.2. The topological polar surface area (TPSA) is 32.8 Å². The van der Waals surface area contributed by atoms with Gasteiger partial charge in [0, 0.05) is 31.5 Å². The van der Waals surface area contributed by atoms with Crippen LogP contribution in [0.4, 0.5) is 4.79 Å². The largest absolute Gasteiger partial charge is 0.445 e. The second-order valence-electron chi connectivity index (χ2n) is 3.69. The molecule has 0 spiro atoms. The summed E-state index contributed by atoms with van der Waals surface area (Å²) in [7, 11) is 0. The fourth-order valence-corrected chi connectivity index (χ4v) is 1.33. The van der Waals surface area contributed by atoms with Crippen LogP contribution < -0.4 is 0 Å². The molecule has 0 unspecified atom stereocenters. The van der Waals surface area contributed by atoms with Gasteiger partial charge in [0.15, 0.2) is 0 Å². The first-order valence-corrected chi connectivity index (χ1v) is 5.13. The normalized spacial score (nSPS) is 15.7. The standard InChI is InChI=1S/C11H18N2O2/c1-4-9-15-11(14)13-7-5-12(6-8-13)10(2)3/h4-5,7,10H,1,6,8-9H2,2-3H3. The van der Waals surface area contributed by atoms with Crippen molar-refractivity contribution in [1.82, 2.24) is 9.80 Å². The van der Waals surface area contributed by atoms with Gasteiger partial charge in [0.05, 0.1) is 0 Å². The van der Waals surface area contributed by atoms with Crippen molar-refractivity contribution in [2.24, 2.45) is 0 Å². The average Bonchev–Trinajstić information content (AvgIpc) is 2.26. The van der Waals surface area contributed by atoms with Crippen molar-refractivity contribution in [3.63, 3.8) is 0 Å². The highest BCUT2D eigenvalue weighted by molar-refractivity contribution is 5.69. The molecule has 0 aromatic heterocycles. The minimum atomic E-state index is -0.311. The quantitative estimate of drug-likeness (QED) is 0.666. The maximum atomic E-state index is 11.4. The smallest absolute Gasteiger partial charge is 0.414 e. The molecule has 1 aliphatic heterocycles. The predicted molar refractivity (Wildman–Crippen MR) is 59.2 cm³/mol. The number of hydrogen-bond donors (Lipinski definition) is 0. The van der Waals surface area contributed by atoms with Gasteiger partial charge in [-0.2, -0.15) is 0 Å². The van der Waals surface area contributed by atoms with Crippen LogP contribution in [0, 0.1) is 0 Å². The molecule has 0 aliphatic carbocycles. The zero-order valence-corrected chi connectivity index (χ0v) is 9.35. The Hall–Kier alpha value is -1.45. The van der Waals surface area contributed by atoms with E-state index in [2.05, 4.69) is 25.3 Å². The van der Waals surface area contributed by atoms with Crippen molar-refractivity contribution in [1.29, 1.82) is 0 Å². The van der Waals surface area contributed by atoms with E-state index in [1.54, 1.807) is 17.2 Å². The van der Waals surface area contributed by atoms with Crippen LogP contribution in [0.5, 0.6) is 0 Å². The first-order chi connectivity index (χ1) is 7.15. The van der Waals surface area contributed by atoms with E-state index in [1.165, 1.54) is 0 Å². The number of ether oxygens (including phenoxy) is 1. The molecule has 0 bridgehead atoms. The van der Waals surface area contributed by atoms with Crippen LogP contribution in [0.3, 0.4) is 0 Å². The highest BCUT2D eigenvalue weighted by atomic mass is 16.6. The molecule has 4 heteroatoms. The van der Waals surface area contributed by atoms with Crippen LogP contribution in [-0.2, 0) is 4.74 Å². The Bertz CT molecular complexity index is 261. The highest BCUT2D eigenvalue weighted by Crippen LogP contribution is 2.08. The molecule has 0 saturated heterocycles. The third kappa shape index (κ3) is 3.31. The Kier molecular flexibility index (Phi) is 4.21. The monoisotopic (exact) mass is 210 g/mol. The van der Waals surface area contributed by atoms with Crippen LogP contribution in [0.15, 0.2) is 25.1 Å². The summed E-state index contributed by atoms with van der Waals surface area (Å²) in [5.74, 6) is 0. The van der Waals surface area contributed by atoms with Crippen molar-refractivity contribution in [3.8, 4) is 0 Å². The Morgan fingerprint density at radius 3 is 2.73 bits per heavy atom. The molecule has 1 amide bonds. The summed E-state index contributed by atoms with van der Waals surface area (Å²) >= 11 is 0. The zero-order chi connectivity index (χ0) is 11.3. The van der Waals surface area contributed by atoms with Gasteiger partial charge in [0.1, 0.15) is 6.61 Å². The Morgan fingerprint density at radius 1 is 1.53 bits per heavy atom. The molecule has 0 atom stereocenters. The van der Waals surface area contributed by atoms with Gasteiger partial charge in [0.2, 0.25) is 0 Å². The second-order valence-corrected chi connectivity index (χ2v) is 3.69. The number of amides is 1. The molecule has 0 aromatic carbocycles. The van der Waals surface area contributed by atoms with Crippen LogP contribution in [0.2, 0.25) is 0 Å². The van der Waals surface area contributed by atoms with Gasteiger partial charge in [-0.15, -0.1) is 0 Å². The summed E-state index contributed by atoms with van der Waals surface area (Å²) in [5, 5.41) is 0. The number of nitrogens with zero attached hydrogens (tertiary/aromatic N) is 2. The molecular formula is C11H18N2O2. The minimum absolute atomic E-state index is 0.261. The van der Waals surface area contributed by atoms with Crippen LogP contribution in [0.1, 0.15) is 13.8 Å². The fraction of sp³-hybridized carbons (Fsp3) is 0.545. The second kappa shape index (κ2) is 5.44. The van der Waals surface area contributed by atoms with Gasteiger partial charge in [-0.3, -0.25) is 4.90 Å². The molecule has 0 aromatic rings. The lowest BCUT2D eigenvalue weighted by atomic mass is 10.3. The van der Waals surface area contributed by atoms with Crippen molar-refractivity contribution >= 4 is 6.09 Å². The number of hydrogen-bond acceptors (Lipinski definition) is 3. The average molecular weight is 210 g/mol. The number of carbonyl (C=O) groups excluding carboxylic acids is 1. The van der Waals surface area contributed by atoms with Crippen molar-refractivity contribution in [3.05, 3.63) is 25.1 Å². The lowest BCUT2D eigenvalue weighted by Crippen LogP contribution is -2.40. The van der Waals surface area contributed by atoms with Crippen LogP contribution in [0.25, 0.3) is 0 Å². The van der Waals surface area contributed by atoms with E-state index in [0.717, 1.165) is 6.54 Å². The summed E-state index contributed by atoms with van der Waals surface area (Å²) in [6.45, 7) is 9.51. The molecule has 0 radical (unpaired) electrons. The van der Waals surface area contributed by atoms with E-state index < -0.39 is 0 Å². The van der Waals surface area contributed by atoms with E-state index in [4.69, 9.17) is 4.74 Å². The SMILES string of the molecule is C=CCOC(=O)N1C=CN(C(C)C)CC1. The van der Waals surface area contributed by atoms with E-state index in [9.17, 15) is 4.79 Å². The molecule has 1 aliphatic rings. The van der Waals surface area contributed by atoms with Gasteiger partial charge in [-0.25, -0.2) is 4.79 Å². The third-order valence-corrected chi connectivity index (χ3v) is 2.26.